The van der Waals surface area contributed by atoms with Crippen molar-refractivity contribution < 1.29 is 4.74 Å². The molecule has 2 heterocycles. The van der Waals surface area contributed by atoms with Gasteiger partial charge in [-0.25, -0.2) is 0 Å². The Balaban J connectivity index is 2.18. The molecule has 0 amide bonds. The van der Waals surface area contributed by atoms with Gasteiger partial charge in [0.05, 0.1) is 12.7 Å². The third kappa shape index (κ3) is 1.94. The van der Waals surface area contributed by atoms with Gasteiger partial charge in [0.25, 0.3) is 0 Å². The average Bonchev–Trinajstić information content (AvgIpc) is 3.00. The quantitative estimate of drug-likeness (QED) is 0.797. The minimum Gasteiger partial charge on any atom is -0.496 e. The Morgan fingerprint density at radius 3 is 2.95 bits per heavy atom. The number of aromatic nitrogens is 3. The second kappa shape index (κ2) is 4.55. The van der Waals surface area contributed by atoms with Crippen molar-refractivity contribution in [2.24, 2.45) is 0 Å². The molecule has 5 nitrogen and oxygen atoms in total. The molecule has 6 heteroatoms. The van der Waals surface area contributed by atoms with Crippen molar-refractivity contribution in [1.29, 1.82) is 0 Å². The molecule has 0 fully saturated rings. The Hall–Kier alpha value is -2.08. The van der Waals surface area contributed by atoms with Gasteiger partial charge >= 0.3 is 0 Å². The minimum absolute atomic E-state index is 0.601. The number of benzene rings is 1. The van der Waals surface area contributed by atoms with Gasteiger partial charge in [-0.15, -0.1) is 16.4 Å². The van der Waals surface area contributed by atoms with E-state index >= 15 is 0 Å². The highest BCUT2D eigenvalue weighted by atomic mass is 32.1. The monoisotopic (exact) mass is 274 g/mol. The van der Waals surface area contributed by atoms with Crippen molar-refractivity contribution >= 4 is 22.1 Å². The van der Waals surface area contributed by atoms with Gasteiger partial charge in [0.1, 0.15) is 11.6 Å². The standard InChI is InChI=1S/C13H14N4OS/c1-3-8-4-5-10(18-2)9(6-8)12-15-13-17(16-12)11(14)7-19-13/h4-7H,3,14H2,1-2H3. The molecule has 0 radical (unpaired) electrons. The third-order valence-corrected chi connectivity index (χ3v) is 3.85. The molecule has 0 unspecified atom stereocenters. The third-order valence-electron chi connectivity index (χ3n) is 3.02. The SMILES string of the molecule is CCc1ccc(OC)c(-c2nc3scc(N)n3n2)c1. The van der Waals surface area contributed by atoms with Crippen LogP contribution in [-0.4, -0.2) is 21.7 Å². The maximum absolute atomic E-state index is 5.83. The predicted octanol–water partition coefficient (Wildman–Crippen LogP) is 2.61. The zero-order chi connectivity index (χ0) is 13.4. The molecule has 3 rings (SSSR count). The number of thiazole rings is 1. The van der Waals surface area contributed by atoms with Crippen molar-refractivity contribution in [2.45, 2.75) is 13.3 Å². The molecule has 2 aromatic heterocycles. The van der Waals surface area contributed by atoms with Crippen LogP contribution in [0.3, 0.4) is 0 Å². The Labute approximate surface area is 114 Å². The molecule has 0 aliphatic rings. The van der Waals surface area contributed by atoms with E-state index in [-0.39, 0.29) is 0 Å². The summed E-state index contributed by atoms with van der Waals surface area (Å²) in [5.41, 5.74) is 7.96. The number of nitrogens with two attached hydrogens (primary N) is 1. The molecule has 0 saturated carbocycles. The number of aryl methyl sites for hydroxylation is 1. The molecular weight excluding hydrogens is 260 g/mol. The summed E-state index contributed by atoms with van der Waals surface area (Å²) in [6, 6.07) is 6.07. The lowest BCUT2D eigenvalue weighted by Gasteiger charge is -2.07. The summed E-state index contributed by atoms with van der Waals surface area (Å²) in [6.45, 7) is 2.11. The zero-order valence-corrected chi connectivity index (χ0v) is 11.6. The molecule has 98 valence electrons. The lowest BCUT2D eigenvalue weighted by molar-refractivity contribution is 0.416. The Morgan fingerprint density at radius 1 is 1.42 bits per heavy atom. The topological polar surface area (TPSA) is 65.4 Å². The number of rotatable bonds is 3. The lowest BCUT2D eigenvalue weighted by atomic mass is 10.1. The first-order chi connectivity index (χ1) is 9.22. The maximum atomic E-state index is 5.83. The second-order valence-corrected chi connectivity index (χ2v) is 5.02. The molecule has 3 aromatic rings. The summed E-state index contributed by atoms with van der Waals surface area (Å²) in [4.78, 5) is 5.29. The van der Waals surface area contributed by atoms with E-state index in [1.807, 2.05) is 11.4 Å². The number of anilines is 1. The zero-order valence-electron chi connectivity index (χ0n) is 10.8. The summed E-state index contributed by atoms with van der Waals surface area (Å²) in [6.07, 6.45) is 0.960. The molecular formula is C13H14N4OS. The van der Waals surface area contributed by atoms with Crippen LogP contribution in [0.5, 0.6) is 5.75 Å². The van der Waals surface area contributed by atoms with E-state index in [1.165, 1.54) is 16.9 Å². The molecule has 0 spiro atoms. The van der Waals surface area contributed by atoms with E-state index in [0.717, 1.165) is 22.7 Å². The summed E-state index contributed by atoms with van der Waals surface area (Å²) in [5, 5.41) is 6.27. The molecule has 0 aliphatic carbocycles. The summed E-state index contributed by atoms with van der Waals surface area (Å²) in [7, 11) is 1.65. The molecule has 2 N–H and O–H groups in total. The van der Waals surface area contributed by atoms with Crippen LogP contribution in [0.15, 0.2) is 23.6 Å². The first-order valence-electron chi connectivity index (χ1n) is 6.00. The number of nitrogen functional groups attached to an aromatic ring is 1. The van der Waals surface area contributed by atoms with Crippen LogP contribution in [0.25, 0.3) is 16.3 Å². The number of fused-ring (bicyclic) bond motifs is 1. The van der Waals surface area contributed by atoms with E-state index in [4.69, 9.17) is 10.5 Å². The van der Waals surface area contributed by atoms with Gasteiger partial charge in [-0.1, -0.05) is 13.0 Å². The second-order valence-electron chi connectivity index (χ2n) is 4.18. The first-order valence-corrected chi connectivity index (χ1v) is 6.88. The predicted molar refractivity (Wildman–Crippen MR) is 76.6 cm³/mol. The van der Waals surface area contributed by atoms with Crippen LogP contribution in [0, 0.1) is 0 Å². The van der Waals surface area contributed by atoms with Crippen molar-refractivity contribution in [2.75, 3.05) is 12.8 Å². The molecule has 0 aliphatic heterocycles. The summed E-state index contributed by atoms with van der Waals surface area (Å²) >= 11 is 1.48. The highest BCUT2D eigenvalue weighted by Crippen LogP contribution is 2.30. The highest BCUT2D eigenvalue weighted by molar-refractivity contribution is 7.15. The normalized spacial score (nSPS) is 11.1. The Bertz CT molecular complexity index is 731. The van der Waals surface area contributed by atoms with Crippen LogP contribution in [-0.2, 0) is 6.42 Å². The van der Waals surface area contributed by atoms with Gasteiger partial charge in [0.15, 0.2) is 5.82 Å². The van der Waals surface area contributed by atoms with Gasteiger partial charge in [-0.05, 0) is 24.1 Å². The molecule has 19 heavy (non-hydrogen) atoms. The van der Waals surface area contributed by atoms with Crippen LogP contribution in [0.1, 0.15) is 12.5 Å². The van der Waals surface area contributed by atoms with Crippen molar-refractivity contribution in [3.8, 4) is 17.1 Å². The van der Waals surface area contributed by atoms with Gasteiger partial charge in [-0.3, -0.25) is 0 Å². The number of hydrogen-bond acceptors (Lipinski definition) is 5. The van der Waals surface area contributed by atoms with Gasteiger partial charge < -0.3 is 10.5 Å². The first kappa shape index (κ1) is 12.0. The fourth-order valence-corrected chi connectivity index (χ4v) is 2.68. The molecule has 1 aromatic carbocycles. The van der Waals surface area contributed by atoms with Gasteiger partial charge in [0, 0.05) is 5.38 Å². The smallest absolute Gasteiger partial charge is 0.214 e. The van der Waals surface area contributed by atoms with Crippen LogP contribution in [0.2, 0.25) is 0 Å². The fourth-order valence-electron chi connectivity index (χ4n) is 1.97. The number of hydrogen-bond donors (Lipinski definition) is 1. The Kier molecular flexibility index (Phi) is 2.87. The summed E-state index contributed by atoms with van der Waals surface area (Å²) < 4.78 is 7.04. The number of methoxy groups -OCH3 is 1. The van der Waals surface area contributed by atoms with Gasteiger partial charge in [-0.2, -0.15) is 9.50 Å². The number of ether oxygens (including phenoxy) is 1. The van der Waals surface area contributed by atoms with E-state index in [2.05, 4.69) is 29.1 Å². The molecule has 0 saturated heterocycles. The van der Waals surface area contributed by atoms with Crippen molar-refractivity contribution in [3.63, 3.8) is 0 Å². The molecule has 0 bridgehead atoms. The van der Waals surface area contributed by atoms with E-state index in [0.29, 0.717) is 11.6 Å². The lowest BCUT2D eigenvalue weighted by Crippen LogP contribution is -1.94. The van der Waals surface area contributed by atoms with Crippen molar-refractivity contribution in [1.82, 2.24) is 14.6 Å². The van der Waals surface area contributed by atoms with Gasteiger partial charge in [0.2, 0.25) is 4.96 Å². The van der Waals surface area contributed by atoms with E-state index < -0.39 is 0 Å². The maximum Gasteiger partial charge on any atom is 0.214 e. The fraction of sp³-hybridized carbons (Fsp3) is 0.231. The Morgan fingerprint density at radius 2 is 2.26 bits per heavy atom. The number of nitrogens with zero attached hydrogens (tertiary/aromatic N) is 3. The van der Waals surface area contributed by atoms with Crippen LogP contribution < -0.4 is 10.5 Å². The highest BCUT2D eigenvalue weighted by Gasteiger charge is 2.14. The van der Waals surface area contributed by atoms with E-state index in [9.17, 15) is 0 Å². The summed E-state index contributed by atoms with van der Waals surface area (Å²) in [5.74, 6) is 2.02. The van der Waals surface area contributed by atoms with Crippen molar-refractivity contribution in [3.05, 3.63) is 29.1 Å². The molecule has 0 atom stereocenters. The van der Waals surface area contributed by atoms with Crippen LogP contribution in [0.4, 0.5) is 5.82 Å². The van der Waals surface area contributed by atoms with Crippen LogP contribution >= 0.6 is 11.3 Å². The van der Waals surface area contributed by atoms with E-state index in [1.54, 1.807) is 11.6 Å². The largest absolute Gasteiger partial charge is 0.496 e. The average molecular weight is 274 g/mol. The minimum atomic E-state index is 0.601.